The minimum atomic E-state index is 0.0912. The Balaban J connectivity index is 1.10. The van der Waals surface area contributed by atoms with Gasteiger partial charge >= 0.3 is 0 Å². The van der Waals surface area contributed by atoms with Crippen LogP contribution in [0.15, 0.2) is 24.5 Å². The van der Waals surface area contributed by atoms with E-state index in [2.05, 4.69) is 38.1 Å². The number of nitrogens with one attached hydrogen (secondary N) is 1. The van der Waals surface area contributed by atoms with Gasteiger partial charge < -0.3 is 20.0 Å². The standard InChI is InChI=1S/C27H30ClN7OS/c1-4-34-11-26(12-34)13-35(14-26)17-5-6-19(29-9-17)31-25-30-10-18(28)21(32-25)22-16(2)20-23(37-22)27(7-8-27)15-33(3)24(20)36/h5-6,9-10H,4,7-8,11-15H2,1-3H3,(H,29,30,31,32). The van der Waals surface area contributed by atoms with Crippen LogP contribution in [0.2, 0.25) is 5.02 Å². The number of carbonyl (C=O) groups is 1. The van der Waals surface area contributed by atoms with Crippen molar-refractivity contribution in [1.82, 2.24) is 24.8 Å². The molecule has 1 saturated carbocycles. The number of likely N-dealkylation sites (tertiary alicyclic amines) is 1. The molecule has 6 heterocycles. The van der Waals surface area contributed by atoms with Crippen LogP contribution in [0, 0.1) is 12.3 Å². The third kappa shape index (κ3) is 3.66. The maximum atomic E-state index is 13.0. The summed E-state index contributed by atoms with van der Waals surface area (Å²) in [4.78, 5) is 35.7. The molecule has 0 atom stereocenters. The smallest absolute Gasteiger partial charge is 0.255 e. The Morgan fingerprint density at radius 3 is 2.57 bits per heavy atom. The van der Waals surface area contributed by atoms with Crippen LogP contribution >= 0.6 is 22.9 Å². The molecule has 0 unspecified atom stereocenters. The van der Waals surface area contributed by atoms with Crippen LogP contribution in [0.5, 0.6) is 0 Å². The molecule has 4 aliphatic rings. The van der Waals surface area contributed by atoms with Crippen LogP contribution in [0.3, 0.4) is 0 Å². The summed E-state index contributed by atoms with van der Waals surface area (Å²) >= 11 is 8.26. The molecule has 3 fully saturated rings. The monoisotopic (exact) mass is 535 g/mol. The van der Waals surface area contributed by atoms with Gasteiger partial charge in [-0.2, -0.15) is 0 Å². The van der Waals surface area contributed by atoms with Crippen molar-refractivity contribution in [2.24, 2.45) is 5.41 Å². The number of pyridine rings is 1. The highest BCUT2D eigenvalue weighted by molar-refractivity contribution is 7.16. The zero-order valence-electron chi connectivity index (χ0n) is 21.3. The van der Waals surface area contributed by atoms with Crippen LogP contribution in [0.25, 0.3) is 10.6 Å². The van der Waals surface area contributed by atoms with Gasteiger partial charge in [-0.1, -0.05) is 18.5 Å². The maximum Gasteiger partial charge on any atom is 0.255 e. The molecule has 3 aromatic rings. The molecule has 2 saturated heterocycles. The largest absolute Gasteiger partial charge is 0.369 e. The van der Waals surface area contributed by atoms with Gasteiger partial charge in [0, 0.05) is 55.5 Å². The second-order valence-electron chi connectivity index (χ2n) is 11.3. The number of nitrogens with zero attached hydrogens (tertiary/aromatic N) is 6. The first-order chi connectivity index (χ1) is 17.8. The van der Waals surface area contributed by atoms with E-state index in [1.807, 2.05) is 31.1 Å². The first-order valence-electron chi connectivity index (χ1n) is 12.9. The molecule has 1 N–H and O–H groups in total. The average Bonchev–Trinajstić information content (AvgIpc) is 3.52. The summed E-state index contributed by atoms with van der Waals surface area (Å²) in [5.74, 6) is 1.21. The number of likely N-dealkylation sites (N-methyl/N-ethyl adjacent to an activating group) is 1. The Morgan fingerprint density at radius 2 is 1.89 bits per heavy atom. The van der Waals surface area contributed by atoms with E-state index in [1.165, 1.54) is 18.0 Å². The normalized spacial score (nSPS) is 21.1. The lowest BCUT2D eigenvalue weighted by molar-refractivity contribution is -0.0178. The molecule has 7 rings (SSSR count). The quantitative estimate of drug-likeness (QED) is 0.513. The lowest BCUT2D eigenvalue weighted by Gasteiger charge is -2.61. The van der Waals surface area contributed by atoms with E-state index < -0.39 is 0 Å². The van der Waals surface area contributed by atoms with Crippen LogP contribution in [-0.2, 0) is 5.41 Å². The van der Waals surface area contributed by atoms with Crippen molar-refractivity contribution in [1.29, 1.82) is 0 Å². The lowest BCUT2D eigenvalue weighted by atomic mass is 9.72. The number of halogens is 1. The molecule has 0 aromatic carbocycles. The second-order valence-corrected chi connectivity index (χ2v) is 12.7. The van der Waals surface area contributed by atoms with Crippen molar-refractivity contribution in [2.75, 3.05) is 56.5 Å². The second kappa shape index (κ2) is 8.12. The summed E-state index contributed by atoms with van der Waals surface area (Å²) in [6.07, 6.45) is 5.78. The summed E-state index contributed by atoms with van der Waals surface area (Å²) in [6.45, 7) is 10.8. The summed E-state index contributed by atoms with van der Waals surface area (Å²) in [7, 11) is 1.90. The molecule has 3 aliphatic heterocycles. The molecule has 37 heavy (non-hydrogen) atoms. The first kappa shape index (κ1) is 23.4. The Kier molecular flexibility index (Phi) is 5.13. The molecule has 1 aliphatic carbocycles. The molecular formula is C27H30ClN7OS. The van der Waals surface area contributed by atoms with Gasteiger partial charge in [-0.25, -0.2) is 15.0 Å². The molecule has 2 spiro atoms. The van der Waals surface area contributed by atoms with E-state index in [1.54, 1.807) is 17.5 Å². The van der Waals surface area contributed by atoms with E-state index in [9.17, 15) is 4.79 Å². The van der Waals surface area contributed by atoms with Crippen LogP contribution in [0.1, 0.15) is 40.6 Å². The zero-order valence-corrected chi connectivity index (χ0v) is 22.9. The third-order valence-electron chi connectivity index (χ3n) is 8.51. The molecule has 0 radical (unpaired) electrons. The summed E-state index contributed by atoms with van der Waals surface area (Å²) in [5.41, 5.74) is 4.20. The number of anilines is 3. The number of fused-ring (bicyclic) bond motifs is 2. The van der Waals surface area contributed by atoms with E-state index in [4.69, 9.17) is 16.6 Å². The van der Waals surface area contributed by atoms with Crippen LogP contribution in [-0.4, -0.2) is 77.0 Å². The van der Waals surface area contributed by atoms with Crippen LogP contribution in [0.4, 0.5) is 17.5 Å². The fourth-order valence-electron chi connectivity index (χ4n) is 6.32. The van der Waals surface area contributed by atoms with Gasteiger partial charge in [0.15, 0.2) is 0 Å². The van der Waals surface area contributed by atoms with Crippen molar-refractivity contribution in [2.45, 2.75) is 32.1 Å². The van der Waals surface area contributed by atoms with Crippen molar-refractivity contribution < 1.29 is 4.79 Å². The van der Waals surface area contributed by atoms with Gasteiger partial charge in [0.2, 0.25) is 5.95 Å². The highest BCUT2D eigenvalue weighted by atomic mass is 35.5. The molecule has 0 bridgehead atoms. The molecule has 3 aromatic heterocycles. The predicted octanol–water partition coefficient (Wildman–Crippen LogP) is 4.56. The molecular weight excluding hydrogens is 506 g/mol. The number of hydrogen-bond acceptors (Lipinski definition) is 8. The first-order valence-corrected chi connectivity index (χ1v) is 14.1. The molecule has 1 amide bonds. The Bertz CT molecular complexity index is 1400. The van der Waals surface area contributed by atoms with Crippen molar-refractivity contribution in [3.63, 3.8) is 0 Å². The van der Waals surface area contributed by atoms with Gasteiger partial charge in [0.05, 0.1) is 33.5 Å². The summed E-state index contributed by atoms with van der Waals surface area (Å²) < 4.78 is 0. The van der Waals surface area contributed by atoms with Gasteiger partial charge in [0.25, 0.3) is 5.91 Å². The lowest BCUT2D eigenvalue weighted by Crippen LogP contribution is -2.72. The van der Waals surface area contributed by atoms with E-state index in [0.717, 1.165) is 60.7 Å². The van der Waals surface area contributed by atoms with Gasteiger partial charge in [-0.05, 0) is 44.0 Å². The number of thiophene rings is 1. The van der Waals surface area contributed by atoms with E-state index >= 15 is 0 Å². The molecule has 192 valence electrons. The Hall–Kier alpha value is -2.75. The number of rotatable bonds is 5. The Labute approximate surface area is 225 Å². The van der Waals surface area contributed by atoms with Crippen molar-refractivity contribution in [3.8, 4) is 10.6 Å². The topological polar surface area (TPSA) is 77.5 Å². The van der Waals surface area contributed by atoms with Crippen molar-refractivity contribution >= 4 is 46.3 Å². The minimum absolute atomic E-state index is 0.0912. The molecule has 8 nitrogen and oxygen atoms in total. The molecule has 10 heteroatoms. The fourth-order valence-corrected chi connectivity index (χ4v) is 8.10. The highest BCUT2D eigenvalue weighted by Gasteiger charge is 2.53. The summed E-state index contributed by atoms with van der Waals surface area (Å²) in [5, 5.41) is 3.71. The van der Waals surface area contributed by atoms with Gasteiger partial charge in [-0.3, -0.25) is 4.79 Å². The number of aromatic nitrogens is 3. The van der Waals surface area contributed by atoms with E-state index in [0.29, 0.717) is 27.9 Å². The predicted molar refractivity (Wildman–Crippen MR) is 147 cm³/mol. The number of carbonyl (C=O) groups excluding carboxylic acids is 1. The highest BCUT2D eigenvalue weighted by Crippen LogP contribution is 2.57. The number of hydrogen-bond donors (Lipinski definition) is 1. The Morgan fingerprint density at radius 1 is 1.11 bits per heavy atom. The van der Waals surface area contributed by atoms with Gasteiger partial charge in [-0.15, -0.1) is 11.3 Å². The van der Waals surface area contributed by atoms with Crippen molar-refractivity contribution in [3.05, 3.63) is 45.6 Å². The SMILES string of the molecule is CCN1CC2(C1)CN(c1ccc(Nc3ncc(Cl)c(-c4sc5c(c4C)C(=O)N(C)CC54CC4)n3)nc1)C2. The fraction of sp³-hybridized carbons (Fsp3) is 0.481. The number of amides is 1. The zero-order chi connectivity index (χ0) is 25.5. The van der Waals surface area contributed by atoms with Crippen LogP contribution < -0.4 is 10.2 Å². The average molecular weight is 536 g/mol. The minimum Gasteiger partial charge on any atom is -0.369 e. The maximum absolute atomic E-state index is 13.0. The third-order valence-corrected chi connectivity index (χ3v) is 10.3. The van der Waals surface area contributed by atoms with E-state index in [-0.39, 0.29) is 11.3 Å². The summed E-state index contributed by atoms with van der Waals surface area (Å²) in [6, 6.07) is 4.07. The van der Waals surface area contributed by atoms with Gasteiger partial charge in [0.1, 0.15) is 11.5 Å².